The van der Waals surface area contributed by atoms with Gasteiger partial charge in [-0.05, 0) is 20.8 Å². The van der Waals surface area contributed by atoms with E-state index in [1.165, 1.54) is 0 Å². The summed E-state index contributed by atoms with van der Waals surface area (Å²) in [5.41, 5.74) is 9.81. The lowest BCUT2D eigenvalue weighted by atomic mass is 10.2. The quantitative estimate of drug-likeness (QED) is 0.235. The third kappa shape index (κ3) is 5.93. The molecule has 0 amide bonds. The number of hydrogen-bond acceptors (Lipinski definition) is 5. The summed E-state index contributed by atoms with van der Waals surface area (Å²) in [6.07, 6.45) is -0.579. The molecule has 62 valence electrons. The van der Waals surface area contributed by atoms with Crippen LogP contribution in [0.1, 0.15) is 20.8 Å². The summed E-state index contributed by atoms with van der Waals surface area (Å²) in [6.45, 7) is 5.72. The van der Waals surface area contributed by atoms with Gasteiger partial charge in [0.05, 0.1) is 5.60 Å². The summed E-state index contributed by atoms with van der Waals surface area (Å²) >= 11 is 0. The highest BCUT2D eigenvalue weighted by atomic mass is 16.5. The van der Waals surface area contributed by atoms with Gasteiger partial charge in [0.25, 0.3) is 0 Å². The van der Waals surface area contributed by atoms with E-state index in [1.54, 1.807) is 0 Å². The zero-order valence-electron chi connectivity index (χ0n) is 6.64. The summed E-state index contributed by atoms with van der Waals surface area (Å²) in [7, 11) is 0. The van der Waals surface area contributed by atoms with Crippen molar-refractivity contribution in [3.8, 4) is 0 Å². The molecule has 0 saturated carbocycles. The van der Waals surface area contributed by atoms with Crippen LogP contribution in [0.25, 0.3) is 0 Å². The van der Waals surface area contributed by atoms with E-state index in [0.29, 0.717) is 0 Å². The molecule has 0 spiro atoms. The van der Waals surface area contributed by atoms with Crippen molar-refractivity contribution in [3.05, 3.63) is 0 Å². The second-order valence-corrected chi connectivity index (χ2v) is 2.94. The number of rotatable bonds is 3. The maximum absolute atomic E-state index is 5.39. The third-order valence-corrected chi connectivity index (χ3v) is 0.706. The van der Waals surface area contributed by atoms with Gasteiger partial charge in [-0.3, -0.25) is 11.6 Å². The van der Waals surface area contributed by atoms with Crippen LogP contribution in [0.15, 0.2) is 0 Å². The van der Waals surface area contributed by atoms with Crippen molar-refractivity contribution >= 4 is 0 Å². The van der Waals surface area contributed by atoms with Crippen molar-refractivity contribution in [2.24, 2.45) is 11.6 Å². The Bertz CT molecular complexity index is 90.1. The van der Waals surface area contributed by atoms with Gasteiger partial charge in [0.15, 0.2) is 6.35 Å². The number of hydrazine groups is 2. The van der Waals surface area contributed by atoms with Gasteiger partial charge in [0.1, 0.15) is 0 Å². The Morgan fingerprint density at radius 1 is 1.40 bits per heavy atom. The fraction of sp³-hybridized carbons (Fsp3) is 1.00. The second kappa shape index (κ2) is 3.85. The van der Waals surface area contributed by atoms with Gasteiger partial charge >= 0.3 is 0 Å². The Hall–Kier alpha value is -0.200. The summed E-state index contributed by atoms with van der Waals surface area (Å²) in [5, 5.41) is 0. The van der Waals surface area contributed by atoms with Crippen LogP contribution in [0.3, 0.4) is 0 Å². The average Bonchev–Trinajstić information content (AvgIpc) is 1.59. The number of ether oxygens (including phenoxy) is 1. The van der Waals surface area contributed by atoms with Gasteiger partial charge in [-0.2, -0.15) is 5.53 Å². The summed E-state index contributed by atoms with van der Waals surface area (Å²) < 4.78 is 5.20. The molecule has 0 radical (unpaired) electrons. The van der Waals surface area contributed by atoms with Gasteiger partial charge in [0.2, 0.25) is 0 Å². The van der Waals surface area contributed by atoms with E-state index in [9.17, 15) is 0 Å². The molecule has 0 fully saturated rings. The molecule has 10 heavy (non-hydrogen) atoms. The van der Waals surface area contributed by atoms with Gasteiger partial charge < -0.3 is 4.74 Å². The largest absolute Gasteiger partial charge is 0.343 e. The molecular formula is C5H16N4O. The Kier molecular flexibility index (Phi) is 3.77. The Labute approximate surface area is 61.0 Å². The smallest absolute Gasteiger partial charge is 0.175 e. The monoisotopic (exact) mass is 148 g/mol. The van der Waals surface area contributed by atoms with E-state index in [2.05, 4.69) is 11.0 Å². The van der Waals surface area contributed by atoms with Gasteiger partial charge in [-0.15, -0.1) is 0 Å². The first-order valence-corrected chi connectivity index (χ1v) is 3.10. The summed E-state index contributed by atoms with van der Waals surface area (Å²) in [5.74, 6) is 4.93. The minimum absolute atomic E-state index is 0.261. The predicted octanol–water partition coefficient (Wildman–Crippen LogP) is -0.988. The normalized spacial score (nSPS) is 15.3. The average molecular weight is 148 g/mol. The van der Waals surface area contributed by atoms with E-state index in [-0.39, 0.29) is 5.60 Å². The molecule has 5 nitrogen and oxygen atoms in total. The van der Waals surface area contributed by atoms with Crippen LogP contribution in [0, 0.1) is 0 Å². The molecular weight excluding hydrogens is 132 g/mol. The van der Waals surface area contributed by atoms with E-state index in [1.807, 2.05) is 20.8 Å². The standard InChI is InChI=1S/C5H16N4O/c1-5(2,3)10-4(6)8-9-7/h4,8-9H,6-7H2,1-3H3. The molecule has 5 heteroatoms. The molecule has 0 bridgehead atoms. The van der Waals surface area contributed by atoms with Crippen LogP contribution < -0.4 is 22.5 Å². The zero-order valence-corrected chi connectivity index (χ0v) is 6.64. The first-order valence-electron chi connectivity index (χ1n) is 3.10. The number of nitrogens with two attached hydrogens (primary N) is 2. The topological polar surface area (TPSA) is 85.3 Å². The van der Waals surface area contributed by atoms with Crippen LogP contribution in [0.2, 0.25) is 0 Å². The van der Waals surface area contributed by atoms with Gasteiger partial charge in [-0.1, -0.05) is 0 Å². The predicted molar refractivity (Wildman–Crippen MR) is 39.3 cm³/mol. The van der Waals surface area contributed by atoms with Crippen molar-refractivity contribution in [2.45, 2.75) is 32.7 Å². The van der Waals surface area contributed by atoms with Crippen molar-refractivity contribution in [2.75, 3.05) is 0 Å². The van der Waals surface area contributed by atoms with Crippen LogP contribution >= 0.6 is 0 Å². The van der Waals surface area contributed by atoms with Gasteiger partial charge in [0, 0.05) is 0 Å². The van der Waals surface area contributed by atoms with Crippen molar-refractivity contribution < 1.29 is 4.74 Å². The van der Waals surface area contributed by atoms with Crippen molar-refractivity contribution in [1.82, 2.24) is 11.0 Å². The molecule has 0 heterocycles. The van der Waals surface area contributed by atoms with E-state index in [4.69, 9.17) is 16.3 Å². The number of hydrogen-bond donors (Lipinski definition) is 4. The first-order chi connectivity index (χ1) is 4.45. The Morgan fingerprint density at radius 3 is 2.20 bits per heavy atom. The molecule has 0 aromatic carbocycles. The molecule has 0 aromatic rings. The lowest BCUT2D eigenvalue weighted by molar-refractivity contribution is -0.0774. The van der Waals surface area contributed by atoms with E-state index < -0.39 is 6.35 Å². The van der Waals surface area contributed by atoms with E-state index in [0.717, 1.165) is 0 Å². The van der Waals surface area contributed by atoms with Crippen molar-refractivity contribution in [3.63, 3.8) is 0 Å². The van der Waals surface area contributed by atoms with Crippen LogP contribution in [0.5, 0.6) is 0 Å². The van der Waals surface area contributed by atoms with Gasteiger partial charge in [-0.25, -0.2) is 5.43 Å². The fourth-order valence-electron chi connectivity index (χ4n) is 0.492. The summed E-state index contributed by atoms with van der Waals surface area (Å²) in [6, 6.07) is 0. The van der Waals surface area contributed by atoms with Crippen LogP contribution in [0.4, 0.5) is 0 Å². The minimum atomic E-state index is -0.579. The molecule has 0 saturated heterocycles. The molecule has 0 aliphatic heterocycles. The molecule has 0 aromatic heterocycles. The Balaban J connectivity index is 3.47. The lowest BCUT2D eigenvalue weighted by Crippen LogP contribution is -2.53. The Morgan fingerprint density at radius 2 is 1.90 bits per heavy atom. The highest BCUT2D eigenvalue weighted by molar-refractivity contribution is 4.59. The van der Waals surface area contributed by atoms with Crippen molar-refractivity contribution in [1.29, 1.82) is 0 Å². The van der Waals surface area contributed by atoms with E-state index >= 15 is 0 Å². The maximum atomic E-state index is 5.39. The highest BCUT2D eigenvalue weighted by Crippen LogP contribution is 2.06. The SMILES string of the molecule is CC(C)(C)OC(N)NNN. The first kappa shape index (κ1) is 9.80. The minimum Gasteiger partial charge on any atom is -0.343 e. The highest BCUT2D eigenvalue weighted by Gasteiger charge is 2.14. The number of nitrogens with one attached hydrogen (secondary N) is 2. The molecule has 0 aliphatic rings. The molecule has 0 rings (SSSR count). The third-order valence-electron chi connectivity index (χ3n) is 0.706. The fourth-order valence-corrected chi connectivity index (χ4v) is 0.492. The van der Waals surface area contributed by atoms with Crippen LogP contribution in [-0.2, 0) is 4.74 Å². The molecule has 1 atom stereocenters. The zero-order chi connectivity index (χ0) is 8.20. The van der Waals surface area contributed by atoms with Crippen LogP contribution in [-0.4, -0.2) is 12.0 Å². The summed E-state index contributed by atoms with van der Waals surface area (Å²) in [4.78, 5) is 0. The lowest BCUT2D eigenvalue weighted by Gasteiger charge is -2.24. The second-order valence-electron chi connectivity index (χ2n) is 2.94. The molecule has 6 N–H and O–H groups in total. The molecule has 1 unspecified atom stereocenters. The maximum Gasteiger partial charge on any atom is 0.175 e. The molecule has 0 aliphatic carbocycles.